The van der Waals surface area contributed by atoms with Crippen molar-refractivity contribution in [3.63, 3.8) is 0 Å². The predicted molar refractivity (Wildman–Crippen MR) is 130 cm³/mol. The van der Waals surface area contributed by atoms with Crippen LogP contribution in [0.25, 0.3) is 10.9 Å². The summed E-state index contributed by atoms with van der Waals surface area (Å²) in [4.78, 5) is 30.7. The van der Waals surface area contributed by atoms with E-state index in [4.69, 9.17) is 14.5 Å². The van der Waals surface area contributed by atoms with Crippen LogP contribution >= 0.6 is 11.8 Å². The average molecular weight is 468 g/mol. The van der Waals surface area contributed by atoms with E-state index in [0.717, 1.165) is 25.0 Å². The number of nitrogens with zero attached hydrogens (tertiary/aromatic N) is 2. The second-order valence-corrected chi connectivity index (χ2v) is 9.14. The van der Waals surface area contributed by atoms with E-state index in [-0.39, 0.29) is 17.6 Å². The minimum Gasteiger partial charge on any atom is -0.383 e. The third-order valence-electron chi connectivity index (χ3n) is 5.67. The van der Waals surface area contributed by atoms with Crippen molar-refractivity contribution in [3.8, 4) is 0 Å². The number of carbonyl (C=O) groups excluding carboxylic acids is 1. The molecule has 1 aliphatic heterocycles. The summed E-state index contributed by atoms with van der Waals surface area (Å²) in [6, 6.07) is 13.4. The number of hydrogen-bond acceptors (Lipinski definition) is 6. The first-order chi connectivity index (χ1) is 16.0. The SMILES string of the molecule is COCCNC(=O)c1ccc2c(=O)n(C[C@@H]3CCCO3)c(SCc3ccc(C)cc3)nc2c1. The highest BCUT2D eigenvalue weighted by Crippen LogP contribution is 2.24. The number of hydrogen-bond donors (Lipinski definition) is 1. The maximum atomic E-state index is 13.4. The number of ether oxygens (including phenoxy) is 2. The third-order valence-corrected chi connectivity index (χ3v) is 6.72. The predicted octanol–water partition coefficient (Wildman–Crippen LogP) is 3.55. The largest absolute Gasteiger partial charge is 0.383 e. The summed E-state index contributed by atoms with van der Waals surface area (Å²) in [6.07, 6.45) is 1.97. The van der Waals surface area contributed by atoms with Gasteiger partial charge in [0.2, 0.25) is 0 Å². The lowest BCUT2D eigenvalue weighted by atomic mass is 10.1. The van der Waals surface area contributed by atoms with Crippen molar-refractivity contribution in [2.75, 3.05) is 26.9 Å². The van der Waals surface area contributed by atoms with Crippen LogP contribution < -0.4 is 10.9 Å². The second kappa shape index (κ2) is 11.0. The molecule has 1 atom stereocenters. The first-order valence-electron chi connectivity index (χ1n) is 11.2. The maximum absolute atomic E-state index is 13.4. The van der Waals surface area contributed by atoms with Crippen LogP contribution in [0, 0.1) is 6.92 Å². The lowest BCUT2D eigenvalue weighted by Crippen LogP contribution is -2.29. The quantitative estimate of drug-likeness (QED) is 0.294. The molecule has 1 saturated heterocycles. The first kappa shape index (κ1) is 23.5. The lowest BCUT2D eigenvalue weighted by molar-refractivity contribution is 0.0935. The summed E-state index contributed by atoms with van der Waals surface area (Å²) in [5, 5.41) is 3.95. The number of benzene rings is 2. The fourth-order valence-corrected chi connectivity index (χ4v) is 4.77. The molecule has 1 N–H and O–H groups in total. The second-order valence-electron chi connectivity index (χ2n) is 8.20. The molecule has 1 amide bonds. The topological polar surface area (TPSA) is 82.5 Å². The number of rotatable bonds is 9. The van der Waals surface area contributed by atoms with Gasteiger partial charge in [-0.3, -0.25) is 14.2 Å². The van der Waals surface area contributed by atoms with Crippen molar-refractivity contribution in [1.29, 1.82) is 0 Å². The molecule has 33 heavy (non-hydrogen) atoms. The molecule has 0 unspecified atom stereocenters. The van der Waals surface area contributed by atoms with Crippen LogP contribution in [0.1, 0.15) is 34.3 Å². The Hall–Kier alpha value is -2.68. The monoisotopic (exact) mass is 467 g/mol. The van der Waals surface area contributed by atoms with E-state index in [1.807, 2.05) is 0 Å². The fraction of sp³-hybridized carbons (Fsp3) is 0.400. The van der Waals surface area contributed by atoms with Crippen molar-refractivity contribution in [2.24, 2.45) is 0 Å². The van der Waals surface area contributed by atoms with Crippen molar-refractivity contribution in [3.05, 3.63) is 69.5 Å². The Kier molecular flexibility index (Phi) is 7.80. The van der Waals surface area contributed by atoms with Gasteiger partial charge in [-0.05, 0) is 43.5 Å². The van der Waals surface area contributed by atoms with Crippen LogP contribution in [0.2, 0.25) is 0 Å². The Bertz CT molecular complexity index is 1170. The summed E-state index contributed by atoms with van der Waals surface area (Å²) >= 11 is 1.53. The average Bonchev–Trinajstić information content (AvgIpc) is 3.34. The van der Waals surface area contributed by atoms with Gasteiger partial charge in [0.25, 0.3) is 11.5 Å². The van der Waals surface area contributed by atoms with Gasteiger partial charge in [-0.25, -0.2) is 4.98 Å². The number of aromatic nitrogens is 2. The number of nitrogens with one attached hydrogen (secondary N) is 1. The van der Waals surface area contributed by atoms with Gasteiger partial charge in [-0.15, -0.1) is 0 Å². The smallest absolute Gasteiger partial charge is 0.262 e. The Morgan fingerprint density at radius 3 is 2.82 bits per heavy atom. The highest BCUT2D eigenvalue weighted by molar-refractivity contribution is 7.98. The van der Waals surface area contributed by atoms with Gasteiger partial charge < -0.3 is 14.8 Å². The Morgan fingerprint density at radius 2 is 2.09 bits per heavy atom. The van der Waals surface area contributed by atoms with E-state index in [1.54, 1.807) is 29.9 Å². The number of aryl methyl sites for hydroxylation is 1. The molecule has 0 aliphatic carbocycles. The van der Waals surface area contributed by atoms with E-state index in [9.17, 15) is 9.59 Å². The summed E-state index contributed by atoms with van der Waals surface area (Å²) in [6.45, 7) is 4.13. The molecule has 2 aromatic carbocycles. The lowest BCUT2D eigenvalue weighted by Gasteiger charge is -2.17. The first-order valence-corrected chi connectivity index (χ1v) is 12.2. The Labute approximate surface area is 197 Å². The molecular weight excluding hydrogens is 438 g/mol. The van der Waals surface area contributed by atoms with Gasteiger partial charge in [0.1, 0.15) is 0 Å². The Morgan fingerprint density at radius 1 is 1.27 bits per heavy atom. The molecule has 8 heteroatoms. The third kappa shape index (κ3) is 5.82. The van der Waals surface area contributed by atoms with Gasteiger partial charge in [0, 0.05) is 31.6 Å². The number of methoxy groups -OCH3 is 1. The zero-order valence-corrected chi connectivity index (χ0v) is 19.8. The minimum atomic E-state index is -0.215. The van der Waals surface area contributed by atoms with Gasteiger partial charge in [0.15, 0.2) is 5.16 Å². The fourth-order valence-electron chi connectivity index (χ4n) is 3.81. The molecule has 1 aromatic heterocycles. The summed E-state index contributed by atoms with van der Waals surface area (Å²) in [7, 11) is 1.59. The van der Waals surface area contributed by atoms with Crippen molar-refractivity contribution in [1.82, 2.24) is 14.9 Å². The Balaban J connectivity index is 1.66. The standard InChI is InChI=1S/C25H29N3O4S/c1-17-5-7-18(8-6-17)16-33-25-27-22-14-19(23(29)26-11-13-31-2)9-10-21(22)24(30)28(25)15-20-4-3-12-32-20/h5-10,14,20H,3-4,11-13,15-16H2,1-2H3,(H,26,29)/t20-/m0/s1. The van der Waals surface area contributed by atoms with Crippen molar-refractivity contribution in [2.45, 2.75) is 43.3 Å². The van der Waals surface area contributed by atoms with Gasteiger partial charge >= 0.3 is 0 Å². The molecule has 1 fully saturated rings. The molecule has 0 bridgehead atoms. The molecule has 174 valence electrons. The summed E-state index contributed by atoms with van der Waals surface area (Å²) < 4.78 is 12.5. The van der Waals surface area contributed by atoms with Gasteiger partial charge in [-0.1, -0.05) is 41.6 Å². The van der Waals surface area contributed by atoms with Crippen LogP contribution in [-0.2, 0) is 21.8 Å². The summed E-state index contributed by atoms with van der Waals surface area (Å²) in [5.41, 5.74) is 3.26. The molecule has 7 nitrogen and oxygen atoms in total. The van der Waals surface area contributed by atoms with E-state index in [2.05, 4.69) is 36.5 Å². The van der Waals surface area contributed by atoms with Crippen LogP contribution in [0.4, 0.5) is 0 Å². The van der Waals surface area contributed by atoms with Crippen molar-refractivity contribution < 1.29 is 14.3 Å². The molecule has 0 radical (unpaired) electrons. The van der Waals surface area contributed by atoms with Crippen molar-refractivity contribution >= 4 is 28.6 Å². The maximum Gasteiger partial charge on any atom is 0.262 e. The zero-order chi connectivity index (χ0) is 23.2. The van der Waals surface area contributed by atoms with E-state index in [1.165, 1.54) is 17.3 Å². The molecule has 1 aliphatic rings. The molecule has 4 rings (SSSR count). The van der Waals surface area contributed by atoms with Crippen LogP contribution in [-0.4, -0.2) is 48.4 Å². The number of carbonyl (C=O) groups is 1. The highest BCUT2D eigenvalue weighted by atomic mass is 32.2. The minimum absolute atomic E-state index is 0.0199. The van der Waals surface area contributed by atoms with E-state index < -0.39 is 0 Å². The number of fused-ring (bicyclic) bond motifs is 1. The van der Waals surface area contributed by atoms with E-state index >= 15 is 0 Å². The zero-order valence-electron chi connectivity index (χ0n) is 19.0. The number of thioether (sulfide) groups is 1. The van der Waals surface area contributed by atoms with Crippen LogP contribution in [0.5, 0.6) is 0 Å². The number of amides is 1. The van der Waals surface area contributed by atoms with Gasteiger partial charge in [0.05, 0.1) is 30.2 Å². The molecular formula is C25H29N3O4S. The molecule has 2 heterocycles. The molecule has 3 aromatic rings. The van der Waals surface area contributed by atoms with Crippen LogP contribution in [0.3, 0.4) is 0 Å². The molecule has 0 spiro atoms. The van der Waals surface area contributed by atoms with Gasteiger partial charge in [-0.2, -0.15) is 0 Å². The molecule has 0 saturated carbocycles. The summed E-state index contributed by atoms with van der Waals surface area (Å²) in [5.74, 6) is 0.481. The normalized spacial score (nSPS) is 15.8. The van der Waals surface area contributed by atoms with E-state index in [0.29, 0.717) is 47.1 Å². The highest BCUT2D eigenvalue weighted by Gasteiger charge is 2.21. The van der Waals surface area contributed by atoms with Crippen LogP contribution in [0.15, 0.2) is 52.4 Å².